The predicted molar refractivity (Wildman–Crippen MR) is 128 cm³/mol. The summed E-state index contributed by atoms with van der Waals surface area (Å²) in [5.74, 6) is -0.216. The first kappa shape index (κ1) is 22.0. The largest absolute Gasteiger partial charge is 0.493 e. The highest BCUT2D eigenvalue weighted by molar-refractivity contribution is 6.30. The second kappa shape index (κ2) is 9.97. The van der Waals surface area contributed by atoms with Crippen LogP contribution in [-0.2, 0) is 0 Å². The van der Waals surface area contributed by atoms with Gasteiger partial charge in [-0.2, -0.15) is 5.10 Å². The zero-order chi connectivity index (χ0) is 23.2. The summed E-state index contributed by atoms with van der Waals surface area (Å²) in [5.41, 5.74) is 4.00. The van der Waals surface area contributed by atoms with Crippen LogP contribution in [0, 0.1) is 0 Å². The molecule has 33 heavy (non-hydrogen) atoms. The molecule has 0 radical (unpaired) electrons. The monoisotopic (exact) mass is 458 g/mol. The molecule has 0 atom stereocenters. The Labute approximate surface area is 195 Å². The van der Waals surface area contributed by atoms with Gasteiger partial charge in [0.2, 0.25) is 0 Å². The lowest BCUT2D eigenvalue weighted by atomic mass is 10.0. The lowest BCUT2D eigenvalue weighted by Crippen LogP contribution is -2.17. The molecular weight excluding hydrogens is 440 g/mol. The molecule has 6 nitrogen and oxygen atoms in total. The van der Waals surface area contributed by atoms with Crippen LogP contribution in [0.4, 0.5) is 0 Å². The highest BCUT2D eigenvalue weighted by atomic mass is 35.5. The molecule has 0 unspecified atom stereocenters. The lowest BCUT2D eigenvalue weighted by Gasteiger charge is -2.11. The molecule has 7 heteroatoms. The van der Waals surface area contributed by atoms with Gasteiger partial charge in [0.1, 0.15) is 0 Å². The van der Waals surface area contributed by atoms with Gasteiger partial charge in [0, 0.05) is 10.6 Å². The van der Waals surface area contributed by atoms with Crippen molar-refractivity contribution in [2.24, 2.45) is 5.10 Å². The molecule has 0 aromatic heterocycles. The first-order valence-corrected chi connectivity index (χ1v) is 10.4. The molecule has 0 saturated carbocycles. The van der Waals surface area contributed by atoms with Gasteiger partial charge in [0.25, 0.3) is 5.91 Å². The number of hydrazone groups is 1. The van der Waals surface area contributed by atoms with Gasteiger partial charge in [-0.1, -0.05) is 48.0 Å². The topological polar surface area (TPSA) is 77.0 Å². The van der Waals surface area contributed by atoms with E-state index >= 15 is 0 Å². The lowest BCUT2D eigenvalue weighted by molar-refractivity contribution is 0.0731. The number of fused-ring (bicyclic) bond motifs is 1. The Hall–Kier alpha value is -4.16. The molecule has 0 saturated heterocycles. The fourth-order valence-electron chi connectivity index (χ4n) is 3.24. The standard InChI is InChI=1S/C26H19ClN2O4/c1-32-24-15-17(16-28-29-25(30)19-10-12-20(27)13-11-19)9-14-23(24)33-26(31)22-8-4-6-18-5-2-3-7-21(18)22/h2-16H,1H3,(H,29,30)/b28-16-. The fourth-order valence-corrected chi connectivity index (χ4v) is 3.36. The van der Waals surface area contributed by atoms with E-state index in [2.05, 4.69) is 10.5 Å². The molecule has 0 aliphatic heterocycles. The molecule has 1 amide bonds. The van der Waals surface area contributed by atoms with E-state index in [4.69, 9.17) is 21.1 Å². The van der Waals surface area contributed by atoms with Crippen LogP contribution in [0.15, 0.2) is 90.0 Å². The molecule has 4 rings (SSSR count). The first-order chi connectivity index (χ1) is 16.0. The minimum atomic E-state index is -0.484. The van der Waals surface area contributed by atoms with E-state index in [0.29, 0.717) is 27.5 Å². The van der Waals surface area contributed by atoms with Crippen LogP contribution in [0.2, 0.25) is 5.02 Å². The van der Waals surface area contributed by atoms with Gasteiger partial charge < -0.3 is 9.47 Å². The van der Waals surface area contributed by atoms with Crippen LogP contribution in [0.1, 0.15) is 26.3 Å². The van der Waals surface area contributed by atoms with E-state index in [9.17, 15) is 9.59 Å². The van der Waals surface area contributed by atoms with Crippen molar-refractivity contribution in [2.45, 2.75) is 0 Å². The third kappa shape index (κ3) is 5.19. The number of methoxy groups -OCH3 is 1. The second-order valence-corrected chi connectivity index (χ2v) is 7.47. The third-order valence-corrected chi connectivity index (χ3v) is 5.14. The number of amides is 1. The molecule has 0 heterocycles. The number of halogens is 1. The summed E-state index contributed by atoms with van der Waals surface area (Å²) in [7, 11) is 1.48. The van der Waals surface area contributed by atoms with Gasteiger partial charge in [-0.05, 0) is 64.9 Å². The van der Waals surface area contributed by atoms with Crippen LogP contribution >= 0.6 is 11.6 Å². The van der Waals surface area contributed by atoms with Crippen molar-refractivity contribution >= 4 is 40.5 Å². The third-order valence-electron chi connectivity index (χ3n) is 4.89. The quantitative estimate of drug-likeness (QED) is 0.179. The van der Waals surface area contributed by atoms with Gasteiger partial charge in [-0.25, -0.2) is 10.2 Å². The van der Waals surface area contributed by atoms with Crippen molar-refractivity contribution in [3.63, 3.8) is 0 Å². The van der Waals surface area contributed by atoms with E-state index in [1.165, 1.54) is 13.3 Å². The van der Waals surface area contributed by atoms with Crippen molar-refractivity contribution in [2.75, 3.05) is 7.11 Å². The maximum atomic E-state index is 12.8. The molecule has 4 aromatic rings. The average molecular weight is 459 g/mol. The van der Waals surface area contributed by atoms with Gasteiger partial charge in [0.15, 0.2) is 11.5 Å². The first-order valence-electron chi connectivity index (χ1n) is 10.0. The van der Waals surface area contributed by atoms with Crippen molar-refractivity contribution in [1.82, 2.24) is 5.43 Å². The summed E-state index contributed by atoms with van der Waals surface area (Å²) >= 11 is 5.83. The summed E-state index contributed by atoms with van der Waals surface area (Å²) in [6.45, 7) is 0. The normalized spacial score (nSPS) is 10.8. The van der Waals surface area contributed by atoms with Crippen LogP contribution < -0.4 is 14.9 Å². The Morgan fingerprint density at radius 2 is 1.67 bits per heavy atom. The van der Waals surface area contributed by atoms with E-state index in [0.717, 1.165) is 10.8 Å². The van der Waals surface area contributed by atoms with Crippen LogP contribution in [0.5, 0.6) is 11.5 Å². The summed E-state index contributed by atoms with van der Waals surface area (Å²) in [5, 5.41) is 6.27. The number of hydrogen-bond acceptors (Lipinski definition) is 5. The predicted octanol–water partition coefficient (Wildman–Crippen LogP) is 5.48. The smallest absolute Gasteiger partial charge is 0.344 e. The molecule has 0 spiro atoms. The number of ether oxygens (including phenoxy) is 2. The maximum absolute atomic E-state index is 12.8. The number of benzene rings is 4. The van der Waals surface area contributed by atoms with E-state index in [-0.39, 0.29) is 11.7 Å². The Morgan fingerprint density at radius 1 is 0.909 bits per heavy atom. The molecule has 4 aromatic carbocycles. The zero-order valence-corrected chi connectivity index (χ0v) is 18.4. The minimum Gasteiger partial charge on any atom is -0.493 e. The van der Waals surface area contributed by atoms with Crippen LogP contribution in [0.3, 0.4) is 0 Å². The van der Waals surface area contributed by atoms with E-state index in [1.54, 1.807) is 48.5 Å². The Morgan fingerprint density at radius 3 is 2.45 bits per heavy atom. The summed E-state index contributed by atoms with van der Waals surface area (Å²) < 4.78 is 11.0. The van der Waals surface area contributed by atoms with Crippen LogP contribution in [-0.4, -0.2) is 25.2 Å². The minimum absolute atomic E-state index is 0.276. The molecule has 0 aliphatic rings. The summed E-state index contributed by atoms with van der Waals surface area (Å²) in [6, 6.07) is 24.5. The van der Waals surface area contributed by atoms with Crippen molar-refractivity contribution in [3.05, 3.63) is 107 Å². The Kier molecular flexibility index (Phi) is 6.66. The molecule has 0 bridgehead atoms. The number of carbonyl (C=O) groups excluding carboxylic acids is 2. The average Bonchev–Trinajstić information content (AvgIpc) is 2.84. The van der Waals surface area contributed by atoms with Gasteiger partial charge >= 0.3 is 5.97 Å². The SMILES string of the molecule is COc1cc(/C=N\NC(=O)c2ccc(Cl)cc2)ccc1OC(=O)c1cccc2ccccc12. The van der Waals surface area contributed by atoms with Gasteiger partial charge in [-0.15, -0.1) is 0 Å². The molecular formula is C26H19ClN2O4. The zero-order valence-electron chi connectivity index (χ0n) is 17.6. The van der Waals surface area contributed by atoms with Gasteiger partial charge in [0.05, 0.1) is 18.9 Å². The highest BCUT2D eigenvalue weighted by Crippen LogP contribution is 2.29. The number of rotatable bonds is 6. The van der Waals surface area contributed by atoms with E-state index < -0.39 is 5.97 Å². The molecule has 0 aliphatic carbocycles. The highest BCUT2D eigenvalue weighted by Gasteiger charge is 2.15. The maximum Gasteiger partial charge on any atom is 0.344 e. The molecule has 0 fully saturated rings. The van der Waals surface area contributed by atoms with Crippen molar-refractivity contribution in [3.8, 4) is 11.5 Å². The van der Waals surface area contributed by atoms with Crippen molar-refractivity contribution in [1.29, 1.82) is 0 Å². The van der Waals surface area contributed by atoms with E-state index in [1.807, 2.05) is 36.4 Å². The number of nitrogens with zero attached hydrogens (tertiary/aromatic N) is 1. The number of esters is 1. The number of nitrogens with one attached hydrogen (secondary N) is 1. The molecule has 164 valence electrons. The second-order valence-electron chi connectivity index (χ2n) is 7.03. The Balaban J connectivity index is 1.47. The molecule has 1 N–H and O–H groups in total. The Bertz CT molecular complexity index is 1350. The summed E-state index contributed by atoms with van der Waals surface area (Å²) in [6.07, 6.45) is 1.46. The van der Waals surface area contributed by atoms with Gasteiger partial charge in [-0.3, -0.25) is 4.79 Å². The summed E-state index contributed by atoms with van der Waals surface area (Å²) in [4.78, 5) is 24.9. The number of hydrogen-bond donors (Lipinski definition) is 1. The fraction of sp³-hybridized carbons (Fsp3) is 0.0385. The number of carbonyl (C=O) groups is 2. The van der Waals surface area contributed by atoms with Crippen molar-refractivity contribution < 1.29 is 19.1 Å². The van der Waals surface area contributed by atoms with Crippen LogP contribution in [0.25, 0.3) is 10.8 Å².